The molecule has 0 saturated heterocycles. The first-order valence-corrected chi connectivity index (χ1v) is 7.50. The van der Waals surface area contributed by atoms with Crippen LogP contribution in [0, 0.1) is 17.0 Å². The van der Waals surface area contributed by atoms with Gasteiger partial charge < -0.3 is 4.74 Å². The summed E-state index contributed by atoms with van der Waals surface area (Å²) in [5.74, 6) is -0.323. The van der Waals surface area contributed by atoms with Crippen molar-refractivity contribution in [1.82, 2.24) is 0 Å². The highest BCUT2D eigenvalue weighted by Crippen LogP contribution is 2.28. The standard InChI is InChI=1S/C18H16N2O4/c1-12-8-14(10-15(9-12)20(22)23)16-19-18(2,17(21)24-16)11-13-6-4-3-5-7-13/h3-10H,11H2,1-2H3/t18-/m0/s1. The van der Waals surface area contributed by atoms with Crippen LogP contribution in [0.5, 0.6) is 0 Å². The number of aliphatic imine (C=N–C) groups is 1. The summed E-state index contributed by atoms with van der Waals surface area (Å²) in [6, 6.07) is 14.1. The van der Waals surface area contributed by atoms with Crippen LogP contribution in [-0.2, 0) is 16.0 Å². The molecule has 6 heteroatoms. The Morgan fingerprint density at radius 1 is 1.21 bits per heavy atom. The second-order valence-corrected chi connectivity index (χ2v) is 6.06. The maximum absolute atomic E-state index is 12.3. The number of esters is 1. The summed E-state index contributed by atoms with van der Waals surface area (Å²) >= 11 is 0. The van der Waals surface area contributed by atoms with Crippen LogP contribution >= 0.6 is 0 Å². The fourth-order valence-corrected chi connectivity index (χ4v) is 2.71. The van der Waals surface area contributed by atoms with Crippen molar-refractivity contribution in [2.45, 2.75) is 25.8 Å². The number of aryl methyl sites for hydroxylation is 1. The van der Waals surface area contributed by atoms with E-state index in [-0.39, 0.29) is 11.6 Å². The molecule has 0 fully saturated rings. The molecule has 1 aliphatic rings. The number of carbonyl (C=O) groups excluding carboxylic acids is 1. The quantitative estimate of drug-likeness (QED) is 0.491. The van der Waals surface area contributed by atoms with Gasteiger partial charge in [-0.15, -0.1) is 0 Å². The third-order valence-corrected chi connectivity index (χ3v) is 3.89. The van der Waals surface area contributed by atoms with Gasteiger partial charge in [-0.2, -0.15) is 0 Å². The van der Waals surface area contributed by atoms with Crippen molar-refractivity contribution in [2.75, 3.05) is 0 Å². The molecule has 0 spiro atoms. The van der Waals surface area contributed by atoms with Gasteiger partial charge in [0, 0.05) is 24.1 Å². The monoisotopic (exact) mass is 324 g/mol. The summed E-state index contributed by atoms with van der Waals surface area (Å²) in [5.41, 5.74) is 1.02. The topological polar surface area (TPSA) is 81.8 Å². The van der Waals surface area contributed by atoms with Crippen LogP contribution in [0.1, 0.15) is 23.6 Å². The summed E-state index contributed by atoms with van der Waals surface area (Å²) < 4.78 is 5.31. The average Bonchev–Trinajstić information content (AvgIpc) is 2.83. The molecule has 122 valence electrons. The zero-order valence-corrected chi connectivity index (χ0v) is 13.4. The van der Waals surface area contributed by atoms with E-state index in [1.807, 2.05) is 30.3 Å². The van der Waals surface area contributed by atoms with Gasteiger partial charge in [-0.05, 0) is 31.0 Å². The van der Waals surface area contributed by atoms with Crippen molar-refractivity contribution in [3.8, 4) is 0 Å². The lowest BCUT2D eigenvalue weighted by atomic mass is 9.94. The van der Waals surface area contributed by atoms with Gasteiger partial charge in [-0.1, -0.05) is 30.3 Å². The van der Waals surface area contributed by atoms with E-state index in [0.29, 0.717) is 17.5 Å². The van der Waals surface area contributed by atoms with Gasteiger partial charge in [0.1, 0.15) is 0 Å². The van der Waals surface area contributed by atoms with Gasteiger partial charge in [0.15, 0.2) is 5.54 Å². The van der Waals surface area contributed by atoms with Crippen molar-refractivity contribution in [1.29, 1.82) is 0 Å². The number of cyclic esters (lactones) is 1. The number of nitrogens with zero attached hydrogens (tertiary/aromatic N) is 2. The normalized spacial score (nSPS) is 19.8. The number of carbonyl (C=O) groups is 1. The third-order valence-electron chi connectivity index (χ3n) is 3.89. The molecule has 0 radical (unpaired) electrons. The number of hydrogen-bond donors (Lipinski definition) is 0. The highest BCUT2D eigenvalue weighted by atomic mass is 16.6. The lowest BCUT2D eigenvalue weighted by Gasteiger charge is -2.15. The molecule has 0 bridgehead atoms. The van der Waals surface area contributed by atoms with E-state index in [4.69, 9.17) is 4.74 Å². The predicted molar refractivity (Wildman–Crippen MR) is 89.0 cm³/mol. The van der Waals surface area contributed by atoms with E-state index in [0.717, 1.165) is 5.56 Å². The van der Waals surface area contributed by atoms with E-state index in [9.17, 15) is 14.9 Å². The first-order valence-electron chi connectivity index (χ1n) is 7.50. The maximum atomic E-state index is 12.3. The second-order valence-electron chi connectivity index (χ2n) is 6.06. The molecule has 6 nitrogen and oxygen atoms in total. The largest absolute Gasteiger partial charge is 0.405 e. The minimum absolute atomic E-state index is 0.0552. The number of hydrogen-bond acceptors (Lipinski definition) is 5. The average molecular weight is 324 g/mol. The number of non-ortho nitro benzene ring substituents is 1. The van der Waals surface area contributed by atoms with Crippen molar-refractivity contribution < 1.29 is 14.5 Å². The Kier molecular flexibility index (Phi) is 3.89. The lowest BCUT2D eigenvalue weighted by molar-refractivity contribution is -0.384. The Labute approximate surface area is 138 Å². The summed E-state index contributed by atoms with van der Waals surface area (Å²) in [7, 11) is 0. The molecule has 1 atom stereocenters. The van der Waals surface area contributed by atoms with E-state index in [1.54, 1.807) is 19.9 Å². The number of ether oxygens (including phenoxy) is 1. The van der Waals surface area contributed by atoms with Gasteiger partial charge in [0.25, 0.3) is 5.69 Å². The summed E-state index contributed by atoms with van der Waals surface area (Å²) in [6.45, 7) is 3.45. The molecule has 0 aromatic heterocycles. The fourth-order valence-electron chi connectivity index (χ4n) is 2.71. The first kappa shape index (κ1) is 15.9. The summed E-state index contributed by atoms with van der Waals surface area (Å²) in [5, 5.41) is 11.0. The van der Waals surface area contributed by atoms with Crippen molar-refractivity contribution >= 4 is 17.6 Å². The Balaban J connectivity index is 1.96. The first-order chi connectivity index (χ1) is 11.4. The lowest BCUT2D eigenvalue weighted by Crippen LogP contribution is -2.32. The Morgan fingerprint density at radius 3 is 2.58 bits per heavy atom. The van der Waals surface area contributed by atoms with Crippen LogP contribution in [0.4, 0.5) is 5.69 Å². The maximum Gasteiger partial charge on any atom is 0.340 e. The molecule has 24 heavy (non-hydrogen) atoms. The molecule has 2 aromatic carbocycles. The molecule has 0 amide bonds. The number of rotatable bonds is 4. The van der Waals surface area contributed by atoms with Crippen molar-refractivity contribution in [3.05, 3.63) is 75.3 Å². The molecule has 1 aliphatic heterocycles. The highest BCUT2D eigenvalue weighted by Gasteiger charge is 2.42. The van der Waals surface area contributed by atoms with Gasteiger partial charge >= 0.3 is 5.97 Å². The molecular formula is C18H16N2O4. The zero-order valence-electron chi connectivity index (χ0n) is 13.4. The summed E-state index contributed by atoms with van der Waals surface area (Å²) in [6.07, 6.45) is 0.407. The minimum Gasteiger partial charge on any atom is -0.405 e. The molecule has 1 heterocycles. The zero-order chi connectivity index (χ0) is 17.3. The van der Waals surface area contributed by atoms with Gasteiger partial charge in [-0.3, -0.25) is 10.1 Å². The van der Waals surface area contributed by atoms with Gasteiger partial charge in [-0.25, -0.2) is 9.79 Å². The predicted octanol–water partition coefficient (Wildman–Crippen LogP) is 3.21. The fraction of sp³-hybridized carbons (Fsp3) is 0.222. The van der Waals surface area contributed by atoms with E-state index in [2.05, 4.69) is 4.99 Å². The molecule has 0 saturated carbocycles. The van der Waals surface area contributed by atoms with Gasteiger partial charge in [0.2, 0.25) is 5.90 Å². The Morgan fingerprint density at radius 2 is 1.92 bits per heavy atom. The van der Waals surface area contributed by atoms with Crippen LogP contribution in [0.15, 0.2) is 53.5 Å². The summed E-state index contributed by atoms with van der Waals surface area (Å²) in [4.78, 5) is 27.3. The van der Waals surface area contributed by atoms with E-state index < -0.39 is 16.4 Å². The highest BCUT2D eigenvalue weighted by molar-refractivity contribution is 6.08. The molecule has 0 aliphatic carbocycles. The van der Waals surface area contributed by atoms with Gasteiger partial charge in [0.05, 0.1) is 4.92 Å². The third kappa shape index (κ3) is 3.03. The molecule has 0 unspecified atom stereocenters. The van der Waals surface area contributed by atoms with Crippen LogP contribution in [-0.4, -0.2) is 22.3 Å². The van der Waals surface area contributed by atoms with E-state index >= 15 is 0 Å². The Bertz CT molecular complexity index is 845. The van der Waals surface area contributed by atoms with Crippen molar-refractivity contribution in [2.24, 2.45) is 4.99 Å². The van der Waals surface area contributed by atoms with Crippen LogP contribution in [0.25, 0.3) is 0 Å². The number of nitro groups is 1. The van der Waals surface area contributed by atoms with Crippen LogP contribution < -0.4 is 0 Å². The molecule has 2 aromatic rings. The Hall–Kier alpha value is -3.02. The minimum atomic E-state index is -1.03. The van der Waals surface area contributed by atoms with Crippen molar-refractivity contribution in [3.63, 3.8) is 0 Å². The molecule has 0 N–H and O–H groups in total. The number of benzene rings is 2. The smallest absolute Gasteiger partial charge is 0.340 e. The van der Waals surface area contributed by atoms with Crippen LogP contribution in [0.2, 0.25) is 0 Å². The number of nitro benzene ring substituents is 1. The van der Waals surface area contributed by atoms with E-state index in [1.165, 1.54) is 12.1 Å². The van der Waals surface area contributed by atoms with Crippen LogP contribution in [0.3, 0.4) is 0 Å². The molecule has 3 rings (SSSR count). The SMILES string of the molecule is Cc1cc(C2=N[C@@](C)(Cc3ccccc3)C(=O)O2)cc([N+](=O)[O-])c1. The molecular weight excluding hydrogens is 308 g/mol. The second kappa shape index (κ2) is 5.88.